The number of unbranched alkanes of at least 4 members (excludes halogenated alkanes) is 1. The summed E-state index contributed by atoms with van der Waals surface area (Å²) in [6, 6.07) is 0. The van der Waals surface area contributed by atoms with Crippen LogP contribution in [0.3, 0.4) is 0 Å². The van der Waals surface area contributed by atoms with E-state index >= 15 is 0 Å². The first kappa shape index (κ1) is 16.1. The highest BCUT2D eigenvalue weighted by Crippen LogP contribution is 2.00. The van der Waals surface area contributed by atoms with Crippen molar-refractivity contribution in [3.63, 3.8) is 0 Å². The Labute approximate surface area is 121 Å². The zero-order valence-electron chi connectivity index (χ0n) is 12.3. The molecule has 2 N–H and O–H groups in total. The monoisotopic (exact) mass is 288 g/mol. The van der Waals surface area contributed by atoms with E-state index in [1.165, 1.54) is 0 Å². The van der Waals surface area contributed by atoms with Crippen LogP contribution < -0.4 is 10.6 Å². The second-order valence-corrected chi connectivity index (χ2v) is 5.25. The molecule has 0 aromatic rings. The lowest BCUT2D eigenvalue weighted by molar-refractivity contribution is -0.0386. The van der Waals surface area contributed by atoms with Crippen molar-refractivity contribution in [1.82, 2.24) is 10.6 Å². The van der Waals surface area contributed by atoms with Gasteiger partial charge < -0.3 is 29.6 Å². The van der Waals surface area contributed by atoms with Crippen LogP contribution in [0.15, 0.2) is 0 Å². The first-order chi connectivity index (χ1) is 9.95. The van der Waals surface area contributed by atoms with Crippen LogP contribution in [0.4, 0.5) is 0 Å². The number of rotatable bonds is 9. The minimum Gasteiger partial charge on any atom is -0.379 e. The standard InChI is InChI=1S/C14H28N2O4/c1(5-17-11-13-9-15-3-7-19-13)2-6-18-12-14-10-16-4-8-20-14/h13-16H,1-12H2/t13-,14-/m0/s1. The Morgan fingerprint density at radius 1 is 0.800 bits per heavy atom. The maximum Gasteiger partial charge on any atom is 0.0933 e. The summed E-state index contributed by atoms with van der Waals surface area (Å²) in [6.45, 7) is 8.24. The summed E-state index contributed by atoms with van der Waals surface area (Å²) in [5.74, 6) is 0. The highest BCUT2D eigenvalue weighted by Gasteiger charge is 2.13. The molecule has 0 saturated carbocycles. The Morgan fingerprint density at radius 2 is 1.30 bits per heavy atom. The van der Waals surface area contributed by atoms with E-state index in [-0.39, 0.29) is 12.2 Å². The minimum atomic E-state index is 0.218. The predicted octanol–water partition coefficient (Wildman–Crippen LogP) is -0.223. The summed E-state index contributed by atoms with van der Waals surface area (Å²) in [4.78, 5) is 0. The van der Waals surface area contributed by atoms with Crippen molar-refractivity contribution < 1.29 is 18.9 Å². The largest absolute Gasteiger partial charge is 0.379 e. The van der Waals surface area contributed by atoms with Crippen molar-refractivity contribution in [1.29, 1.82) is 0 Å². The normalized spacial score (nSPS) is 27.6. The van der Waals surface area contributed by atoms with E-state index in [1.54, 1.807) is 0 Å². The zero-order valence-corrected chi connectivity index (χ0v) is 12.3. The molecule has 0 radical (unpaired) electrons. The third-order valence-electron chi connectivity index (χ3n) is 3.44. The third kappa shape index (κ3) is 6.97. The highest BCUT2D eigenvalue weighted by atomic mass is 16.5. The SMILES string of the molecule is C(CCOC[C@@H]1CNCCO1)COC[C@@H]1CNCCO1. The highest BCUT2D eigenvalue weighted by molar-refractivity contribution is 4.66. The molecule has 2 saturated heterocycles. The van der Waals surface area contributed by atoms with E-state index < -0.39 is 0 Å². The summed E-state index contributed by atoms with van der Waals surface area (Å²) in [6.07, 6.45) is 2.50. The van der Waals surface area contributed by atoms with Gasteiger partial charge in [-0.3, -0.25) is 0 Å². The van der Waals surface area contributed by atoms with Crippen LogP contribution in [-0.2, 0) is 18.9 Å². The molecule has 6 heteroatoms. The fourth-order valence-electron chi connectivity index (χ4n) is 2.29. The molecule has 0 aromatic heterocycles. The number of morpholine rings is 2. The van der Waals surface area contributed by atoms with E-state index in [0.29, 0.717) is 13.2 Å². The van der Waals surface area contributed by atoms with Crippen LogP contribution in [-0.4, -0.2) is 78.0 Å². The number of hydrogen-bond donors (Lipinski definition) is 2. The fourth-order valence-corrected chi connectivity index (χ4v) is 2.29. The van der Waals surface area contributed by atoms with Gasteiger partial charge in [-0.15, -0.1) is 0 Å². The van der Waals surface area contributed by atoms with Crippen molar-refractivity contribution in [2.45, 2.75) is 25.0 Å². The molecule has 0 aromatic carbocycles. The first-order valence-electron chi connectivity index (χ1n) is 7.75. The number of ether oxygens (including phenoxy) is 4. The van der Waals surface area contributed by atoms with Gasteiger partial charge in [-0.1, -0.05) is 0 Å². The van der Waals surface area contributed by atoms with Crippen LogP contribution in [0.5, 0.6) is 0 Å². The van der Waals surface area contributed by atoms with Gasteiger partial charge in [0, 0.05) is 39.4 Å². The van der Waals surface area contributed by atoms with Crippen molar-refractivity contribution >= 4 is 0 Å². The molecule has 2 aliphatic heterocycles. The van der Waals surface area contributed by atoms with Crippen LogP contribution in [0.2, 0.25) is 0 Å². The molecule has 2 rings (SSSR count). The van der Waals surface area contributed by atoms with Gasteiger partial charge in [0.05, 0.1) is 38.6 Å². The van der Waals surface area contributed by atoms with Crippen LogP contribution in [0.1, 0.15) is 12.8 Å². The van der Waals surface area contributed by atoms with Gasteiger partial charge in [0.2, 0.25) is 0 Å². The van der Waals surface area contributed by atoms with E-state index in [0.717, 1.165) is 65.4 Å². The van der Waals surface area contributed by atoms with Crippen LogP contribution >= 0.6 is 0 Å². The Bertz CT molecular complexity index is 207. The van der Waals surface area contributed by atoms with Crippen molar-refractivity contribution in [3.05, 3.63) is 0 Å². The maximum atomic E-state index is 5.61. The third-order valence-corrected chi connectivity index (χ3v) is 3.44. The quantitative estimate of drug-likeness (QED) is 0.572. The van der Waals surface area contributed by atoms with Gasteiger partial charge in [-0.2, -0.15) is 0 Å². The van der Waals surface area contributed by atoms with Gasteiger partial charge in [0.1, 0.15) is 0 Å². The van der Waals surface area contributed by atoms with Gasteiger partial charge in [-0.25, -0.2) is 0 Å². The molecule has 0 unspecified atom stereocenters. The number of hydrogen-bond acceptors (Lipinski definition) is 6. The van der Waals surface area contributed by atoms with Gasteiger partial charge in [0.15, 0.2) is 0 Å². The lowest BCUT2D eigenvalue weighted by atomic mass is 10.3. The molecule has 20 heavy (non-hydrogen) atoms. The van der Waals surface area contributed by atoms with Crippen molar-refractivity contribution in [3.8, 4) is 0 Å². The van der Waals surface area contributed by atoms with Gasteiger partial charge >= 0.3 is 0 Å². The predicted molar refractivity (Wildman–Crippen MR) is 76.1 cm³/mol. The smallest absolute Gasteiger partial charge is 0.0933 e. The van der Waals surface area contributed by atoms with Crippen molar-refractivity contribution in [2.75, 3.05) is 65.8 Å². The molecule has 0 amide bonds. The van der Waals surface area contributed by atoms with Gasteiger partial charge in [0.25, 0.3) is 0 Å². The number of nitrogens with one attached hydrogen (secondary N) is 2. The summed E-state index contributed by atoms with van der Waals surface area (Å²) in [7, 11) is 0. The molecule has 2 aliphatic rings. The molecule has 6 nitrogen and oxygen atoms in total. The molecule has 2 fully saturated rings. The van der Waals surface area contributed by atoms with Crippen LogP contribution in [0, 0.1) is 0 Å². The van der Waals surface area contributed by atoms with Crippen LogP contribution in [0.25, 0.3) is 0 Å². The Hall–Kier alpha value is -0.240. The van der Waals surface area contributed by atoms with Crippen molar-refractivity contribution in [2.24, 2.45) is 0 Å². The molecular formula is C14H28N2O4. The zero-order chi connectivity index (χ0) is 13.9. The molecule has 118 valence electrons. The Kier molecular flexibility index (Phi) is 8.46. The fraction of sp³-hybridized carbons (Fsp3) is 1.00. The average Bonchev–Trinajstić information content (AvgIpc) is 2.52. The lowest BCUT2D eigenvalue weighted by Crippen LogP contribution is -2.41. The second kappa shape index (κ2) is 10.5. The van der Waals surface area contributed by atoms with E-state index in [2.05, 4.69) is 10.6 Å². The Morgan fingerprint density at radius 3 is 1.70 bits per heavy atom. The average molecular weight is 288 g/mol. The van der Waals surface area contributed by atoms with Gasteiger partial charge in [-0.05, 0) is 12.8 Å². The molecule has 0 spiro atoms. The maximum absolute atomic E-state index is 5.61. The van der Waals surface area contributed by atoms with E-state index in [1.807, 2.05) is 0 Å². The molecule has 0 aliphatic carbocycles. The lowest BCUT2D eigenvalue weighted by Gasteiger charge is -2.23. The minimum absolute atomic E-state index is 0.218. The molecule has 2 atom stereocenters. The Balaban J connectivity index is 1.33. The summed E-state index contributed by atoms with van der Waals surface area (Å²) < 4.78 is 22.3. The summed E-state index contributed by atoms with van der Waals surface area (Å²) in [5, 5.41) is 6.59. The molecular weight excluding hydrogens is 260 g/mol. The summed E-state index contributed by atoms with van der Waals surface area (Å²) in [5.41, 5.74) is 0. The molecule has 0 bridgehead atoms. The summed E-state index contributed by atoms with van der Waals surface area (Å²) >= 11 is 0. The van der Waals surface area contributed by atoms with E-state index in [4.69, 9.17) is 18.9 Å². The topological polar surface area (TPSA) is 61.0 Å². The second-order valence-electron chi connectivity index (χ2n) is 5.25. The van der Waals surface area contributed by atoms with E-state index in [9.17, 15) is 0 Å². The molecule has 2 heterocycles. The first-order valence-corrected chi connectivity index (χ1v) is 7.75.